The lowest BCUT2D eigenvalue weighted by atomic mass is 9.97. The number of nitrogens with one attached hydrogen (secondary N) is 2. The minimum absolute atomic E-state index is 0. The van der Waals surface area contributed by atoms with Gasteiger partial charge in [0, 0.05) is 52.0 Å². The van der Waals surface area contributed by atoms with Gasteiger partial charge in [0.1, 0.15) is 0 Å². The Balaban J connectivity index is 0.00000450. The molecule has 0 aliphatic carbocycles. The summed E-state index contributed by atoms with van der Waals surface area (Å²) in [6.45, 7) is 10.4. The molecule has 2 unspecified atom stereocenters. The Kier molecular flexibility index (Phi) is 15.2. The van der Waals surface area contributed by atoms with E-state index in [9.17, 15) is 0 Å². The average Bonchev–Trinajstić information content (AvgIpc) is 2.73. The molecule has 0 radical (unpaired) electrons. The van der Waals surface area contributed by atoms with Crippen molar-refractivity contribution in [2.75, 3.05) is 46.6 Å². The second kappa shape index (κ2) is 16.8. The van der Waals surface area contributed by atoms with E-state index in [1.54, 1.807) is 7.11 Å². The van der Waals surface area contributed by atoms with Crippen LogP contribution in [-0.2, 0) is 16.0 Å². The van der Waals surface area contributed by atoms with Crippen LogP contribution in [-0.4, -0.2) is 69.5 Å². The number of methoxy groups -OCH3 is 1. The van der Waals surface area contributed by atoms with Crippen LogP contribution in [0, 0.1) is 0 Å². The molecule has 1 aromatic carbocycles. The van der Waals surface area contributed by atoms with Crippen LogP contribution in [0.5, 0.6) is 0 Å². The molecule has 0 aromatic heterocycles. The molecule has 1 aromatic rings. The molecule has 0 saturated carbocycles. The van der Waals surface area contributed by atoms with E-state index in [0.29, 0.717) is 25.3 Å². The fraction of sp³-hybridized carbons (Fsp3) is 0.696. The van der Waals surface area contributed by atoms with Crippen molar-refractivity contribution < 1.29 is 9.47 Å². The number of hydrogen-bond donors (Lipinski definition) is 2. The van der Waals surface area contributed by atoms with Gasteiger partial charge in [-0.15, -0.1) is 24.0 Å². The number of rotatable bonds is 12. The summed E-state index contributed by atoms with van der Waals surface area (Å²) in [7, 11) is 1.70. The molecular weight excluding hydrogens is 491 g/mol. The van der Waals surface area contributed by atoms with Crippen molar-refractivity contribution in [1.29, 1.82) is 0 Å². The lowest BCUT2D eigenvalue weighted by Crippen LogP contribution is -2.51. The molecule has 1 aliphatic rings. The van der Waals surface area contributed by atoms with Crippen LogP contribution in [0.1, 0.15) is 45.1 Å². The van der Waals surface area contributed by atoms with E-state index in [2.05, 4.69) is 59.7 Å². The molecule has 1 fully saturated rings. The van der Waals surface area contributed by atoms with Crippen molar-refractivity contribution in [1.82, 2.24) is 15.5 Å². The number of nitrogens with zero attached hydrogens (tertiary/aromatic N) is 2. The first-order chi connectivity index (χ1) is 14.2. The quantitative estimate of drug-likeness (QED) is 0.186. The molecule has 2 N–H and O–H groups in total. The summed E-state index contributed by atoms with van der Waals surface area (Å²) in [4.78, 5) is 7.34. The maximum Gasteiger partial charge on any atom is 0.191 e. The predicted octanol–water partition coefficient (Wildman–Crippen LogP) is 3.66. The van der Waals surface area contributed by atoms with Gasteiger partial charge < -0.3 is 20.1 Å². The van der Waals surface area contributed by atoms with Crippen LogP contribution >= 0.6 is 24.0 Å². The molecule has 6 nitrogen and oxygen atoms in total. The van der Waals surface area contributed by atoms with Crippen LogP contribution in [0.3, 0.4) is 0 Å². The summed E-state index contributed by atoms with van der Waals surface area (Å²) < 4.78 is 10.5. The smallest absolute Gasteiger partial charge is 0.191 e. The fourth-order valence-corrected chi connectivity index (χ4v) is 3.67. The summed E-state index contributed by atoms with van der Waals surface area (Å²) >= 11 is 0. The normalized spacial score (nSPS) is 19.9. The number of unbranched alkanes of at least 4 members (excludes halogenated alkanes) is 1. The van der Waals surface area contributed by atoms with Crippen molar-refractivity contribution in [3.8, 4) is 0 Å². The largest absolute Gasteiger partial charge is 0.382 e. The Morgan fingerprint density at radius 3 is 2.67 bits per heavy atom. The van der Waals surface area contributed by atoms with E-state index >= 15 is 0 Å². The molecule has 172 valence electrons. The Labute approximate surface area is 200 Å². The molecule has 2 rings (SSSR count). The number of guanidine groups is 1. The second-order valence-electron chi connectivity index (χ2n) is 7.74. The summed E-state index contributed by atoms with van der Waals surface area (Å²) in [6, 6.07) is 11.8. The number of hydrogen-bond acceptors (Lipinski definition) is 4. The van der Waals surface area contributed by atoms with Gasteiger partial charge in [-0.2, -0.15) is 0 Å². The molecule has 0 bridgehead atoms. The summed E-state index contributed by atoms with van der Waals surface area (Å²) in [6.07, 6.45) is 4.36. The van der Waals surface area contributed by atoms with Crippen LogP contribution in [0.25, 0.3) is 0 Å². The molecule has 2 atom stereocenters. The average molecular weight is 533 g/mol. The van der Waals surface area contributed by atoms with Crippen molar-refractivity contribution in [3.63, 3.8) is 0 Å². The topological polar surface area (TPSA) is 58.1 Å². The minimum atomic E-state index is 0. The zero-order valence-corrected chi connectivity index (χ0v) is 21.3. The molecule has 7 heteroatoms. The van der Waals surface area contributed by atoms with Gasteiger partial charge in [0.15, 0.2) is 5.96 Å². The van der Waals surface area contributed by atoms with Gasteiger partial charge in [0.25, 0.3) is 0 Å². The van der Waals surface area contributed by atoms with Crippen molar-refractivity contribution in [2.24, 2.45) is 4.99 Å². The lowest BCUT2D eigenvalue weighted by Gasteiger charge is -2.38. The van der Waals surface area contributed by atoms with E-state index in [-0.39, 0.29) is 24.0 Å². The number of likely N-dealkylation sites (tertiary alicyclic amines) is 1. The number of aliphatic imine (C=N–C) groups is 1. The van der Waals surface area contributed by atoms with Crippen LogP contribution in [0.2, 0.25) is 0 Å². The molecule has 0 spiro atoms. The number of piperidine rings is 1. The van der Waals surface area contributed by atoms with Crippen LogP contribution < -0.4 is 10.6 Å². The van der Waals surface area contributed by atoms with Gasteiger partial charge >= 0.3 is 0 Å². The van der Waals surface area contributed by atoms with Gasteiger partial charge in [-0.1, -0.05) is 30.3 Å². The zero-order valence-electron chi connectivity index (χ0n) is 18.9. The number of halogens is 1. The van der Waals surface area contributed by atoms with Gasteiger partial charge in [-0.25, -0.2) is 0 Å². The lowest BCUT2D eigenvalue weighted by molar-refractivity contribution is 0.0690. The van der Waals surface area contributed by atoms with Gasteiger partial charge in [-0.3, -0.25) is 9.89 Å². The van der Waals surface area contributed by atoms with Crippen molar-refractivity contribution in [3.05, 3.63) is 35.9 Å². The highest BCUT2D eigenvalue weighted by Gasteiger charge is 2.25. The monoisotopic (exact) mass is 532 g/mol. The first-order valence-corrected chi connectivity index (χ1v) is 11.1. The highest BCUT2D eigenvalue weighted by molar-refractivity contribution is 14.0. The Bertz CT molecular complexity index is 574. The first kappa shape index (κ1) is 27.1. The van der Waals surface area contributed by atoms with E-state index < -0.39 is 0 Å². The third-order valence-corrected chi connectivity index (χ3v) is 5.33. The zero-order chi connectivity index (χ0) is 20.7. The highest BCUT2D eigenvalue weighted by Crippen LogP contribution is 2.19. The second-order valence-corrected chi connectivity index (χ2v) is 7.74. The van der Waals surface area contributed by atoms with E-state index in [1.807, 2.05) is 0 Å². The third kappa shape index (κ3) is 10.9. The molecule has 1 heterocycles. The van der Waals surface area contributed by atoms with Crippen molar-refractivity contribution in [2.45, 2.75) is 58.2 Å². The Hall–Kier alpha value is -0.900. The Morgan fingerprint density at radius 2 is 1.97 bits per heavy atom. The molecule has 0 amide bonds. The summed E-state index contributed by atoms with van der Waals surface area (Å²) in [5.41, 5.74) is 1.40. The molecule has 1 saturated heterocycles. The van der Waals surface area contributed by atoms with E-state index in [1.165, 1.54) is 5.56 Å². The maximum atomic E-state index is 5.51. The van der Waals surface area contributed by atoms with Gasteiger partial charge in [0.05, 0.1) is 13.2 Å². The number of benzene rings is 1. The van der Waals surface area contributed by atoms with Crippen molar-refractivity contribution >= 4 is 29.9 Å². The maximum absolute atomic E-state index is 5.51. The standard InChI is InChI=1S/C23H40N4O2.HI/c1-4-24-23(25-13-8-9-15-29-17-16-28-3)26-22-12-14-27(20(2)18-22)19-21-10-6-5-7-11-21;/h5-7,10-11,20,22H,4,8-9,12-19H2,1-3H3,(H2,24,25,26);1H. The third-order valence-electron chi connectivity index (χ3n) is 5.33. The fourth-order valence-electron chi connectivity index (χ4n) is 3.67. The van der Waals surface area contributed by atoms with E-state index in [4.69, 9.17) is 14.5 Å². The van der Waals surface area contributed by atoms with Crippen LogP contribution in [0.4, 0.5) is 0 Å². The van der Waals surface area contributed by atoms with Gasteiger partial charge in [0.2, 0.25) is 0 Å². The van der Waals surface area contributed by atoms with Crippen LogP contribution in [0.15, 0.2) is 35.3 Å². The SMILES string of the molecule is CCNC(=NCCCCOCCOC)NC1CCN(Cc2ccccc2)C(C)C1.I. The minimum Gasteiger partial charge on any atom is -0.382 e. The Morgan fingerprint density at radius 1 is 1.17 bits per heavy atom. The summed E-state index contributed by atoms with van der Waals surface area (Å²) in [5, 5.41) is 7.05. The highest BCUT2D eigenvalue weighted by atomic mass is 127. The van der Waals surface area contributed by atoms with Gasteiger partial charge in [-0.05, 0) is 45.1 Å². The predicted molar refractivity (Wildman–Crippen MR) is 136 cm³/mol. The molecular formula is C23H41IN4O2. The number of ether oxygens (including phenoxy) is 2. The summed E-state index contributed by atoms with van der Waals surface area (Å²) in [5.74, 6) is 0.946. The molecule has 1 aliphatic heterocycles. The molecule has 30 heavy (non-hydrogen) atoms. The first-order valence-electron chi connectivity index (χ1n) is 11.1. The van der Waals surface area contributed by atoms with E-state index in [0.717, 1.165) is 64.4 Å².